The van der Waals surface area contributed by atoms with Gasteiger partial charge in [0.2, 0.25) is 0 Å². The molecule has 1 aliphatic heterocycles. The van der Waals surface area contributed by atoms with Crippen LogP contribution in [0.5, 0.6) is 5.75 Å². The molecule has 1 saturated heterocycles. The number of nitrogens with one attached hydrogen (secondary N) is 1. The maximum absolute atomic E-state index is 12.2. The lowest BCUT2D eigenvalue weighted by Crippen LogP contribution is -2.52. The van der Waals surface area contributed by atoms with Crippen LogP contribution in [0.3, 0.4) is 0 Å². The number of β-amino-alcohol motifs (C(OH)–C–C–N with tert-alkyl or cyclic N) is 1. The maximum atomic E-state index is 12.2. The number of hydrogen-bond acceptors (Lipinski definition) is 3. The second-order valence-corrected chi connectivity index (χ2v) is 6.26. The van der Waals surface area contributed by atoms with Crippen LogP contribution in [0.2, 0.25) is 0 Å². The average molecular weight is 306 g/mol. The first-order valence-electron chi connectivity index (χ1n) is 7.88. The molecule has 0 radical (unpaired) electrons. The van der Waals surface area contributed by atoms with Gasteiger partial charge in [0.05, 0.1) is 12.1 Å². The van der Waals surface area contributed by atoms with Crippen LogP contribution in [0.4, 0.5) is 4.79 Å². The van der Waals surface area contributed by atoms with Crippen molar-refractivity contribution in [3.63, 3.8) is 0 Å². The highest BCUT2D eigenvalue weighted by Gasteiger charge is 2.27. The van der Waals surface area contributed by atoms with Gasteiger partial charge in [-0.05, 0) is 43.9 Å². The van der Waals surface area contributed by atoms with Gasteiger partial charge in [0, 0.05) is 13.1 Å². The fourth-order valence-electron chi connectivity index (χ4n) is 2.50. The number of nitrogens with zero attached hydrogens (tertiary/aromatic N) is 1. The number of benzene rings is 1. The summed E-state index contributed by atoms with van der Waals surface area (Å²) in [6.07, 6.45) is 0.404. The molecule has 0 aromatic heterocycles. The van der Waals surface area contributed by atoms with Gasteiger partial charge in [-0.2, -0.15) is 0 Å². The van der Waals surface area contributed by atoms with Gasteiger partial charge in [-0.25, -0.2) is 4.79 Å². The first-order valence-corrected chi connectivity index (χ1v) is 7.88. The van der Waals surface area contributed by atoms with Crippen molar-refractivity contribution in [1.29, 1.82) is 0 Å². The molecule has 0 aliphatic carbocycles. The molecule has 2 amide bonds. The monoisotopic (exact) mass is 306 g/mol. The van der Waals surface area contributed by atoms with Crippen molar-refractivity contribution in [2.75, 3.05) is 19.7 Å². The molecule has 1 fully saturated rings. The Labute approximate surface area is 132 Å². The Morgan fingerprint density at radius 1 is 1.55 bits per heavy atom. The Balaban J connectivity index is 1.76. The van der Waals surface area contributed by atoms with Gasteiger partial charge in [-0.1, -0.05) is 19.1 Å². The molecular formula is C17H26N2O3. The first-order chi connectivity index (χ1) is 10.5. The third-order valence-electron chi connectivity index (χ3n) is 4.07. The summed E-state index contributed by atoms with van der Waals surface area (Å²) < 4.78 is 5.69. The third kappa shape index (κ3) is 4.63. The molecule has 2 N–H and O–H groups in total. The Bertz CT molecular complexity index is 506. The molecule has 0 spiro atoms. The largest absolute Gasteiger partial charge is 0.491 e. The van der Waals surface area contributed by atoms with E-state index in [-0.39, 0.29) is 18.0 Å². The SMILES string of the molecule is Cc1cccc(OCC(C)NC(=O)N2CCC(C)C(O)C2)c1. The molecule has 3 unspecified atom stereocenters. The summed E-state index contributed by atoms with van der Waals surface area (Å²) >= 11 is 0. The first kappa shape index (κ1) is 16.6. The van der Waals surface area contributed by atoms with Gasteiger partial charge >= 0.3 is 6.03 Å². The predicted octanol–water partition coefficient (Wildman–Crippen LogP) is 2.17. The van der Waals surface area contributed by atoms with E-state index >= 15 is 0 Å². The van der Waals surface area contributed by atoms with E-state index in [0.29, 0.717) is 19.7 Å². The van der Waals surface area contributed by atoms with Crippen LogP contribution < -0.4 is 10.1 Å². The number of urea groups is 1. The van der Waals surface area contributed by atoms with Crippen LogP contribution in [0, 0.1) is 12.8 Å². The van der Waals surface area contributed by atoms with Crippen LogP contribution in [0.1, 0.15) is 25.8 Å². The molecule has 1 aliphatic rings. The number of hydrogen-bond donors (Lipinski definition) is 2. The normalized spacial score (nSPS) is 23.0. The Kier molecular flexibility index (Phi) is 5.66. The molecule has 1 heterocycles. The van der Waals surface area contributed by atoms with Crippen LogP contribution in [-0.4, -0.2) is 47.9 Å². The zero-order chi connectivity index (χ0) is 16.1. The fraction of sp³-hybridized carbons (Fsp3) is 0.588. The number of aryl methyl sites for hydroxylation is 1. The van der Waals surface area contributed by atoms with E-state index in [9.17, 15) is 9.90 Å². The van der Waals surface area contributed by atoms with E-state index in [1.807, 2.05) is 45.0 Å². The van der Waals surface area contributed by atoms with E-state index in [2.05, 4.69) is 5.32 Å². The highest BCUT2D eigenvalue weighted by molar-refractivity contribution is 5.74. The number of piperidine rings is 1. The van der Waals surface area contributed by atoms with Crippen LogP contribution in [0.25, 0.3) is 0 Å². The lowest BCUT2D eigenvalue weighted by Gasteiger charge is -2.34. The van der Waals surface area contributed by atoms with Gasteiger partial charge in [0.1, 0.15) is 12.4 Å². The minimum atomic E-state index is -0.432. The van der Waals surface area contributed by atoms with Gasteiger partial charge < -0.3 is 20.1 Å². The van der Waals surface area contributed by atoms with Crippen molar-refractivity contribution in [3.8, 4) is 5.75 Å². The van der Waals surface area contributed by atoms with E-state index < -0.39 is 6.10 Å². The van der Waals surface area contributed by atoms with E-state index in [4.69, 9.17) is 4.74 Å². The lowest BCUT2D eigenvalue weighted by molar-refractivity contribution is 0.0427. The summed E-state index contributed by atoms with van der Waals surface area (Å²) in [5.74, 6) is 1.06. The van der Waals surface area contributed by atoms with Crippen molar-refractivity contribution in [2.45, 2.75) is 39.3 Å². The number of likely N-dealkylation sites (tertiary alicyclic amines) is 1. The summed E-state index contributed by atoms with van der Waals surface area (Å²) in [5, 5.41) is 12.8. The molecule has 1 aromatic rings. The standard InChI is InChI=1S/C17H26N2O3/c1-12-5-4-6-15(9-12)22-11-14(3)18-17(21)19-8-7-13(2)16(20)10-19/h4-6,9,13-14,16,20H,7-8,10-11H2,1-3H3,(H,18,21). The Morgan fingerprint density at radius 2 is 2.32 bits per heavy atom. The maximum Gasteiger partial charge on any atom is 0.317 e. The molecule has 122 valence electrons. The Hall–Kier alpha value is -1.75. The second-order valence-electron chi connectivity index (χ2n) is 6.26. The lowest BCUT2D eigenvalue weighted by atomic mass is 9.96. The molecule has 5 heteroatoms. The van der Waals surface area contributed by atoms with Gasteiger partial charge in [-0.3, -0.25) is 0 Å². The summed E-state index contributed by atoms with van der Waals surface area (Å²) in [7, 11) is 0. The van der Waals surface area contributed by atoms with E-state index in [0.717, 1.165) is 17.7 Å². The zero-order valence-corrected chi connectivity index (χ0v) is 13.6. The summed E-state index contributed by atoms with van der Waals surface area (Å²) in [6.45, 7) is 7.45. The van der Waals surface area contributed by atoms with Gasteiger partial charge in [-0.15, -0.1) is 0 Å². The predicted molar refractivity (Wildman–Crippen MR) is 86.0 cm³/mol. The van der Waals surface area contributed by atoms with Crippen molar-refractivity contribution in [2.24, 2.45) is 5.92 Å². The molecule has 5 nitrogen and oxygen atoms in total. The average Bonchev–Trinajstić information content (AvgIpc) is 2.48. The minimum absolute atomic E-state index is 0.0931. The number of amides is 2. The highest BCUT2D eigenvalue weighted by atomic mass is 16.5. The summed E-state index contributed by atoms with van der Waals surface area (Å²) in [4.78, 5) is 13.8. The number of aliphatic hydroxyl groups is 1. The molecular weight excluding hydrogens is 280 g/mol. The molecule has 3 atom stereocenters. The molecule has 1 aromatic carbocycles. The number of aliphatic hydroxyl groups excluding tert-OH is 1. The quantitative estimate of drug-likeness (QED) is 0.896. The molecule has 2 rings (SSSR count). The number of rotatable bonds is 4. The smallest absolute Gasteiger partial charge is 0.317 e. The molecule has 0 saturated carbocycles. The minimum Gasteiger partial charge on any atom is -0.491 e. The van der Waals surface area contributed by atoms with E-state index in [1.165, 1.54) is 0 Å². The Morgan fingerprint density at radius 3 is 3.00 bits per heavy atom. The van der Waals surface area contributed by atoms with Crippen molar-refractivity contribution in [1.82, 2.24) is 10.2 Å². The van der Waals surface area contributed by atoms with E-state index in [1.54, 1.807) is 4.90 Å². The van der Waals surface area contributed by atoms with Crippen LogP contribution in [0.15, 0.2) is 24.3 Å². The zero-order valence-electron chi connectivity index (χ0n) is 13.6. The second kappa shape index (κ2) is 7.49. The van der Waals surface area contributed by atoms with Crippen LogP contribution in [-0.2, 0) is 0 Å². The number of carbonyl (C=O) groups is 1. The van der Waals surface area contributed by atoms with Crippen LogP contribution >= 0.6 is 0 Å². The van der Waals surface area contributed by atoms with Gasteiger partial charge in [0.25, 0.3) is 0 Å². The van der Waals surface area contributed by atoms with Crippen molar-refractivity contribution in [3.05, 3.63) is 29.8 Å². The molecule has 22 heavy (non-hydrogen) atoms. The summed E-state index contributed by atoms with van der Waals surface area (Å²) in [5.41, 5.74) is 1.14. The number of ether oxygens (including phenoxy) is 1. The van der Waals surface area contributed by atoms with Gasteiger partial charge in [0.15, 0.2) is 0 Å². The molecule has 0 bridgehead atoms. The highest BCUT2D eigenvalue weighted by Crippen LogP contribution is 2.17. The third-order valence-corrected chi connectivity index (χ3v) is 4.07. The number of carbonyl (C=O) groups excluding carboxylic acids is 1. The van der Waals surface area contributed by atoms with Crippen molar-refractivity contribution >= 4 is 6.03 Å². The van der Waals surface area contributed by atoms with Crippen molar-refractivity contribution < 1.29 is 14.6 Å². The fourth-order valence-corrected chi connectivity index (χ4v) is 2.50. The summed E-state index contributed by atoms with van der Waals surface area (Å²) in [6, 6.07) is 7.61. The topological polar surface area (TPSA) is 61.8 Å².